The number of amides is 10. The Balaban J connectivity index is 1.52. The first-order chi connectivity index (χ1) is 62.3. The summed E-state index contributed by atoms with van der Waals surface area (Å²) >= 11 is 0.944. The van der Waals surface area contributed by atoms with E-state index < -0.39 is 292 Å². The molecule has 1 aliphatic rings. The average molecular weight is 1870 g/mol. The fourth-order valence-corrected chi connectivity index (χ4v) is 15.7. The van der Waals surface area contributed by atoms with Gasteiger partial charge in [-0.25, -0.2) is 4.79 Å². The Morgan fingerprint density at radius 3 is 1.42 bits per heavy atom. The van der Waals surface area contributed by atoms with E-state index in [1.54, 1.807) is 65.0 Å². The third-order valence-electron chi connectivity index (χ3n) is 22.8. The van der Waals surface area contributed by atoms with Crippen molar-refractivity contribution < 1.29 is 142 Å². The number of ketones is 8. The lowest BCUT2D eigenvalue weighted by molar-refractivity contribution is -0.143. The first-order valence-electron chi connectivity index (χ1n) is 44.2. The molecule has 1 aliphatic heterocycles. The van der Waals surface area contributed by atoms with Gasteiger partial charge in [0.2, 0.25) is 47.3 Å². The fraction of sp³-hybridized carbons (Fsp3) is 0.587. The van der Waals surface area contributed by atoms with Crippen LogP contribution in [0.2, 0.25) is 0 Å². The number of nitrogens with zero attached hydrogens (tertiary/aromatic N) is 2. The lowest BCUT2D eigenvalue weighted by Crippen LogP contribution is -2.52. The number of phenols is 2. The number of hydrogen-bond acceptors (Lipinski definition) is 28. The molecule has 3 aromatic carbocycles. The summed E-state index contributed by atoms with van der Waals surface area (Å²) in [5.74, 6) is -30.6. The molecule has 3 aromatic rings. The van der Waals surface area contributed by atoms with Gasteiger partial charge in [0.1, 0.15) is 35.7 Å². The number of thioether (sulfide) groups is 1. The molecule has 0 spiro atoms. The Labute approximate surface area is 770 Å². The van der Waals surface area contributed by atoms with E-state index in [9.17, 15) is 142 Å². The summed E-state index contributed by atoms with van der Waals surface area (Å²) in [5, 5.41) is 111. The molecule has 0 unspecified atom stereocenters. The van der Waals surface area contributed by atoms with E-state index in [0.29, 0.717) is 36.9 Å². The Hall–Kier alpha value is -11.6. The van der Waals surface area contributed by atoms with Crippen LogP contribution < -0.4 is 43.0 Å². The largest absolute Gasteiger partial charge is 0.508 e. The second kappa shape index (κ2) is 57.7. The van der Waals surface area contributed by atoms with Crippen LogP contribution in [0.3, 0.4) is 0 Å². The zero-order chi connectivity index (χ0) is 98.8. The molecule has 0 radical (unpaired) electrons. The van der Waals surface area contributed by atoms with Crippen molar-refractivity contribution in [3.8, 4) is 11.5 Å². The van der Waals surface area contributed by atoms with Crippen LogP contribution in [0.4, 0.5) is 4.79 Å². The van der Waals surface area contributed by atoms with Crippen molar-refractivity contribution in [2.24, 2.45) is 59.0 Å². The number of likely N-dealkylation sites (N-methyl/N-ethyl adjacent to an activating group) is 1. The lowest BCUT2D eigenvalue weighted by Gasteiger charge is -2.28. The number of unbranched alkanes of at least 4 members (excludes halogenated alkanes) is 1. The van der Waals surface area contributed by atoms with Crippen LogP contribution in [0, 0.1) is 53.3 Å². The number of benzene rings is 3. The first-order valence-corrected chi connectivity index (χ1v) is 45.4. The number of hydrogen-bond donors (Lipinski definition) is 17. The molecule has 1 fully saturated rings. The topological polar surface area (TPSA) is 640 Å². The number of aliphatic hydroxyl groups is 4. The molecule has 1 saturated heterocycles. The summed E-state index contributed by atoms with van der Waals surface area (Å²) in [7, 11) is 1.34. The average Bonchev–Trinajstić information content (AvgIpc) is 1.49. The van der Waals surface area contributed by atoms with Crippen molar-refractivity contribution in [3.63, 3.8) is 0 Å². The monoisotopic (exact) mass is 1870 g/mol. The highest BCUT2D eigenvalue weighted by molar-refractivity contribution is 8.00. The number of carbonyl (C=O) groups is 20. The predicted molar refractivity (Wildman–Crippen MR) is 478 cm³/mol. The number of imide groups is 1. The van der Waals surface area contributed by atoms with Crippen molar-refractivity contribution in [2.75, 3.05) is 57.9 Å². The van der Waals surface area contributed by atoms with E-state index in [-0.39, 0.29) is 104 Å². The normalized spacial score (nSPS) is 15.7. The van der Waals surface area contributed by atoms with Gasteiger partial charge >= 0.3 is 23.9 Å². The Morgan fingerprint density at radius 1 is 0.447 bits per heavy atom. The highest BCUT2D eigenvalue weighted by Crippen LogP contribution is 2.27. The summed E-state index contributed by atoms with van der Waals surface area (Å²) in [6.07, 6.45) is -9.96. The van der Waals surface area contributed by atoms with E-state index in [1.807, 2.05) is 0 Å². The van der Waals surface area contributed by atoms with Gasteiger partial charge in [0.15, 0.2) is 34.7 Å². The summed E-state index contributed by atoms with van der Waals surface area (Å²) < 4.78 is 0. The standard InChI is InChI=1S/C92H130N10O29S/c1-9-52(4)84(79(116)39-60(33-57-20-25-64(107)26-21-57)87(126)96-71(32-51(2)3)75(112)37-61(41-82(120)121)86(125)95-53(5)16-13-14-30-93)100-89(128)63(47-103)40-76(113)72(35-58-22-27-65(108)28-23-58)97-88(127)62(42-83(122)123)38-77(114)74(48-104)99-91(130)70(55(7)106)44-78(115)73(34-56-17-11-10-12-18-56)98-90(129)69(54(6)105)43-67(110)45-94-85(124)59(24-29-81(118)119)36-68(111)50-132-49-66(109)19-15-31-102-46-80(117)101(8)92(102)131/h10-12,17-18,20-23,25-28,51-55,59-63,69-74,84,103-108H,9,13-16,19,24,29-50,93H2,1-8H3,(H,94,124)(H,95,125)(H,96,126)(H,97,127)(H,98,129)(H,99,130)(H,100,128)(H,118,119)(H,120,121)(H,122,123)/t52-,53+,54+,55+,59+,60+,61-,62-,63-,69-,70-,71-,72-,73-,74-,84-/m0/s1. The van der Waals surface area contributed by atoms with Gasteiger partial charge in [-0.2, -0.15) is 0 Å². The van der Waals surface area contributed by atoms with Crippen LogP contribution in [0.25, 0.3) is 0 Å². The second-order valence-electron chi connectivity index (χ2n) is 34.4. The van der Waals surface area contributed by atoms with Gasteiger partial charge in [-0.3, -0.25) is 96.0 Å². The van der Waals surface area contributed by atoms with E-state index in [1.165, 1.54) is 60.5 Å². The van der Waals surface area contributed by atoms with Gasteiger partial charge in [0, 0.05) is 89.3 Å². The molecule has 0 bridgehead atoms. The van der Waals surface area contributed by atoms with Gasteiger partial charge in [0.25, 0.3) is 0 Å². The van der Waals surface area contributed by atoms with Crippen molar-refractivity contribution in [2.45, 2.75) is 232 Å². The number of rotatable bonds is 67. The highest BCUT2D eigenvalue weighted by atomic mass is 32.2. The molecular formula is C92H130N10O29S. The molecule has 18 N–H and O–H groups in total. The first kappa shape index (κ1) is 113. The highest BCUT2D eigenvalue weighted by Gasteiger charge is 2.41. The van der Waals surface area contributed by atoms with Crippen LogP contribution in [0.5, 0.6) is 11.5 Å². The number of carboxylic acid groups (broad SMARTS) is 3. The lowest BCUT2D eigenvalue weighted by atomic mass is 9.85. The molecule has 4 rings (SSSR count). The Kier molecular flexibility index (Phi) is 49.2. The number of aliphatic hydroxyl groups excluding tert-OH is 4. The van der Waals surface area contributed by atoms with Gasteiger partial charge < -0.3 is 93.8 Å². The number of aromatic hydroxyl groups is 2. The zero-order valence-corrected chi connectivity index (χ0v) is 76.7. The molecule has 728 valence electrons. The number of aliphatic carboxylic acids is 3. The molecule has 0 saturated carbocycles. The number of carbonyl (C=O) groups excluding carboxylic acids is 17. The number of carboxylic acids is 3. The van der Waals surface area contributed by atoms with Crippen LogP contribution >= 0.6 is 11.8 Å². The summed E-state index contributed by atoms with van der Waals surface area (Å²) in [4.78, 5) is 274. The van der Waals surface area contributed by atoms with Gasteiger partial charge in [-0.1, -0.05) is 95.1 Å². The minimum absolute atomic E-state index is 0.0232. The maximum absolute atomic E-state index is 14.8. The van der Waals surface area contributed by atoms with Gasteiger partial charge in [-0.15, -0.1) is 11.8 Å². The number of phenolic OH excluding ortho intramolecular Hbond substituents is 2. The van der Waals surface area contributed by atoms with Crippen LogP contribution in [-0.2, 0) is 110 Å². The second-order valence-corrected chi connectivity index (χ2v) is 35.4. The van der Waals surface area contributed by atoms with Gasteiger partial charge in [0.05, 0.1) is 110 Å². The number of nitrogens with two attached hydrogens (primary N) is 1. The smallest absolute Gasteiger partial charge is 0.326 e. The van der Waals surface area contributed by atoms with E-state index in [2.05, 4.69) is 37.2 Å². The predicted octanol–water partition coefficient (Wildman–Crippen LogP) is 1.96. The number of urea groups is 1. The molecule has 40 heteroatoms. The van der Waals surface area contributed by atoms with Crippen molar-refractivity contribution >= 4 is 129 Å². The SMILES string of the molecule is CC[C@H](C)[C@H](NC(=O)[C@H](CO)CC(=O)[C@H](Cc1ccc(O)cc1)NC(=O)[C@H](CC(=O)O)CC(=O)[C@H](CO)NC(=O)[C@@H](CC(=O)[C@H](Cc1ccccc1)NC(=O)[C@@H](CC(=O)CNC(=O)[C@H](CCC(=O)O)CC(=O)CSCC(=O)CCCN1CC(=O)N(C)C1=O)[C@@H](C)O)[C@@H](C)O)C(=O)C[C@@H](Cc1ccc(O)cc1)C(=O)N[C@@H](CC(C)C)C(=O)C[C@@H](CC(=O)O)C(=O)N[C@H](C)CCCCN. The van der Waals surface area contributed by atoms with Gasteiger partial charge in [-0.05, 0) is 131 Å². The minimum Gasteiger partial charge on any atom is -0.508 e. The van der Waals surface area contributed by atoms with Crippen molar-refractivity contribution in [1.82, 2.24) is 47.0 Å². The third-order valence-corrected chi connectivity index (χ3v) is 23.9. The summed E-state index contributed by atoms with van der Waals surface area (Å²) in [6.45, 7) is 8.16. The Bertz CT molecular complexity index is 4450. The van der Waals surface area contributed by atoms with Crippen LogP contribution in [-0.4, -0.2) is 280 Å². The van der Waals surface area contributed by atoms with Crippen LogP contribution in [0.15, 0.2) is 78.9 Å². The zero-order valence-electron chi connectivity index (χ0n) is 75.9. The molecule has 0 aromatic heterocycles. The number of nitrogens with one attached hydrogen (secondary N) is 7. The fourth-order valence-electron chi connectivity index (χ4n) is 14.8. The quantitative estimate of drug-likeness (QED) is 0.0284. The summed E-state index contributed by atoms with van der Waals surface area (Å²) in [6, 6.07) is 9.88. The van der Waals surface area contributed by atoms with Crippen LogP contribution in [0.1, 0.15) is 181 Å². The molecule has 10 amide bonds. The summed E-state index contributed by atoms with van der Waals surface area (Å²) in [5.41, 5.74) is 6.76. The molecule has 16 atom stereocenters. The minimum atomic E-state index is -2.00. The molecule has 132 heavy (non-hydrogen) atoms. The maximum Gasteiger partial charge on any atom is 0.326 e. The van der Waals surface area contributed by atoms with E-state index >= 15 is 0 Å². The molecular weight excluding hydrogens is 1740 g/mol. The van der Waals surface area contributed by atoms with Crippen molar-refractivity contribution in [3.05, 3.63) is 95.6 Å². The van der Waals surface area contributed by atoms with E-state index in [0.717, 1.165) is 30.5 Å². The Morgan fingerprint density at radius 2 is 0.917 bits per heavy atom. The maximum atomic E-state index is 14.8. The van der Waals surface area contributed by atoms with E-state index in [4.69, 9.17) is 5.73 Å². The molecule has 39 nitrogen and oxygen atoms in total. The number of Topliss-reactive ketones (excluding diaryl/α,β-unsaturated/α-hetero) is 8. The van der Waals surface area contributed by atoms with Crippen molar-refractivity contribution in [1.29, 1.82) is 0 Å². The third kappa shape index (κ3) is 40.2. The molecule has 1 heterocycles. The molecule has 0 aliphatic carbocycles.